The molecule has 0 aliphatic carbocycles. The summed E-state index contributed by atoms with van der Waals surface area (Å²) in [7, 11) is 1.53. The zero-order valence-corrected chi connectivity index (χ0v) is 14.1. The lowest BCUT2D eigenvalue weighted by molar-refractivity contribution is -0.148. The molecule has 7 nitrogen and oxygen atoms in total. The number of aromatic nitrogens is 1. The molecule has 0 saturated carbocycles. The van der Waals surface area contributed by atoms with Gasteiger partial charge in [-0.05, 0) is 12.1 Å². The first-order chi connectivity index (χ1) is 12.0. The summed E-state index contributed by atoms with van der Waals surface area (Å²) in [6, 6.07) is 9.45. The number of methoxy groups -OCH3 is 1. The molecule has 2 N–H and O–H groups in total. The molecule has 25 heavy (non-hydrogen) atoms. The van der Waals surface area contributed by atoms with Crippen molar-refractivity contribution in [3.05, 3.63) is 42.1 Å². The molecule has 7 heteroatoms. The van der Waals surface area contributed by atoms with Crippen molar-refractivity contribution in [2.75, 3.05) is 33.4 Å². The topological polar surface area (TPSA) is 94.8 Å². The third-order valence-corrected chi connectivity index (χ3v) is 4.28. The van der Waals surface area contributed by atoms with E-state index in [0.29, 0.717) is 18.7 Å². The van der Waals surface area contributed by atoms with Crippen LogP contribution in [-0.4, -0.2) is 60.7 Å². The van der Waals surface area contributed by atoms with Crippen molar-refractivity contribution in [2.45, 2.75) is 12.0 Å². The smallest absolute Gasteiger partial charge is 0.255 e. The van der Waals surface area contributed by atoms with Crippen LogP contribution in [0, 0.1) is 0 Å². The van der Waals surface area contributed by atoms with E-state index in [1.54, 1.807) is 11.1 Å². The fourth-order valence-electron chi connectivity index (χ4n) is 3.21. The molecule has 0 radical (unpaired) electrons. The highest BCUT2D eigenvalue weighted by Crippen LogP contribution is 2.24. The molecule has 0 unspecified atom stereocenters. The lowest BCUT2D eigenvalue weighted by Gasteiger charge is -2.41. The van der Waals surface area contributed by atoms with Gasteiger partial charge in [-0.3, -0.25) is 14.6 Å². The number of rotatable bonds is 5. The van der Waals surface area contributed by atoms with Crippen molar-refractivity contribution in [1.82, 2.24) is 9.88 Å². The van der Waals surface area contributed by atoms with Gasteiger partial charge in [-0.25, -0.2) is 0 Å². The Morgan fingerprint density at radius 2 is 2.20 bits per heavy atom. The largest absolute Gasteiger partial charge is 0.382 e. The fourth-order valence-corrected chi connectivity index (χ4v) is 3.21. The number of pyridine rings is 1. The van der Waals surface area contributed by atoms with Crippen molar-refractivity contribution in [1.29, 1.82) is 0 Å². The van der Waals surface area contributed by atoms with Crippen molar-refractivity contribution in [3.63, 3.8) is 0 Å². The van der Waals surface area contributed by atoms with Crippen molar-refractivity contribution in [2.24, 2.45) is 5.73 Å². The average Bonchev–Trinajstić information content (AvgIpc) is 2.60. The maximum Gasteiger partial charge on any atom is 0.255 e. The summed E-state index contributed by atoms with van der Waals surface area (Å²) in [6.45, 7) is 1.20. The highest BCUT2D eigenvalue weighted by molar-refractivity contribution is 5.97. The number of para-hydroxylation sites is 1. The van der Waals surface area contributed by atoms with E-state index in [1.165, 1.54) is 7.11 Å². The van der Waals surface area contributed by atoms with E-state index in [2.05, 4.69) is 4.98 Å². The van der Waals surface area contributed by atoms with Gasteiger partial charge in [-0.1, -0.05) is 18.2 Å². The van der Waals surface area contributed by atoms with E-state index in [-0.39, 0.29) is 25.5 Å². The zero-order chi connectivity index (χ0) is 17.9. The first-order valence-electron chi connectivity index (χ1n) is 8.08. The number of primary amides is 1. The number of hydrogen-bond acceptors (Lipinski definition) is 5. The summed E-state index contributed by atoms with van der Waals surface area (Å²) >= 11 is 0. The van der Waals surface area contributed by atoms with Crippen LogP contribution in [0.25, 0.3) is 10.9 Å². The molecule has 2 aromatic rings. The number of fused-ring (bicyclic) bond motifs is 1. The van der Waals surface area contributed by atoms with Gasteiger partial charge in [0.15, 0.2) is 0 Å². The quantitative estimate of drug-likeness (QED) is 0.873. The Hall–Kier alpha value is -2.51. The molecule has 2 heterocycles. The summed E-state index contributed by atoms with van der Waals surface area (Å²) < 4.78 is 11.0. The van der Waals surface area contributed by atoms with Gasteiger partial charge in [0.2, 0.25) is 5.91 Å². The first-order valence-corrected chi connectivity index (χ1v) is 8.08. The van der Waals surface area contributed by atoms with E-state index >= 15 is 0 Å². The minimum absolute atomic E-state index is 0.000586. The maximum absolute atomic E-state index is 12.9. The molecule has 1 fully saturated rings. The summed E-state index contributed by atoms with van der Waals surface area (Å²) in [5, 5.41) is 0.905. The average molecular weight is 343 g/mol. The van der Waals surface area contributed by atoms with Gasteiger partial charge < -0.3 is 20.1 Å². The van der Waals surface area contributed by atoms with Gasteiger partial charge in [0.05, 0.1) is 37.3 Å². The molecule has 3 rings (SSSR count). The monoisotopic (exact) mass is 343 g/mol. The molecule has 1 aromatic heterocycles. The van der Waals surface area contributed by atoms with Crippen LogP contribution in [0.1, 0.15) is 16.8 Å². The molecular weight excluding hydrogens is 322 g/mol. The minimum atomic E-state index is -0.904. The summed E-state index contributed by atoms with van der Waals surface area (Å²) in [4.78, 5) is 30.3. The highest BCUT2D eigenvalue weighted by Gasteiger charge is 2.40. The second-order valence-corrected chi connectivity index (χ2v) is 6.25. The number of amides is 2. The number of benzene rings is 1. The predicted molar refractivity (Wildman–Crippen MR) is 92.0 cm³/mol. The van der Waals surface area contributed by atoms with Gasteiger partial charge in [0.25, 0.3) is 5.91 Å². The van der Waals surface area contributed by atoms with Crippen LogP contribution < -0.4 is 5.73 Å². The minimum Gasteiger partial charge on any atom is -0.382 e. The SMILES string of the molecule is COC[C@]1(CC(N)=O)CN(C(=O)c2cnc3ccccc3c2)CCO1. The van der Waals surface area contributed by atoms with Gasteiger partial charge in [-0.15, -0.1) is 0 Å². The van der Waals surface area contributed by atoms with Crippen molar-refractivity contribution >= 4 is 22.7 Å². The summed E-state index contributed by atoms with van der Waals surface area (Å²) in [5.41, 5.74) is 5.78. The second kappa shape index (κ2) is 7.16. The van der Waals surface area contributed by atoms with Crippen molar-refractivity contribution in [3.8, 4) is 0 Å². The third kappa shape index (κ3) is 3.78. The third-order valence-electron chi connectivity index (χ3n) is 4.28. The molecule has 132 valence electrons. The maximum atomic E-state index is 12.9. The van der Waals surface area contributed by atoms with Crippen molar-refractivity contribution < 1.29 is 19.1 Å². The van der Waals surface area contributed by atoms with E-state index < -0.39 is 11.5 Å². The fraction of sp³-hybridized carbons (Fsp3) is 0.389. The van der Waals surface area contributed by atoms with E-state index in [4.69, 9.17) is 15.2 Å². The Morgan fingerprint density at radius 1 is 1.40 bits per heavy atom. The molecule has 1 aliphatic heterocycles. The standard InChI is InChI=1S/C18H21N3O4/c1-24-12-18(9-16(19)22)11-21(6-7-25-18)17(23)14-8-13-4-2-3-5-15(13)20-10-14/h2-5,8,10H,6-7,9,11-12H2,1H3,(H2,19,22)/t18-/m0/s1. The van der Waals surface area contributed by atoms with Crippen LogP contribution in [0.15, 0.2) is 36.5 Å². The second-order valence-electron chi connectivity index (χ2n) is 6.25. The molecular formula is C18H21N3O4. The molecule has 1 atom stereocenters. The predicted octanol–water partition coefficient (Wildman–Crippen LogP) is 0.968. The summed E-state index contributed by atoms with van der Waals surface area (Å²) in [5.74, 6) is -0.634. The van der Waals surface area contributed by atoms with E-state index in [0.717, 1.165) is 10.9 Å². The number of hydrogen-bond donors (Lipinski definition) is 1. The van der Waals surface area contributed by atoms with Gasteiger partial charge in [0, 0.05) is 25.2 Å². The zero-order valence-electron chi connectivity index (χ0n) is 14.1. The number of nitrogens with two attached hydrogens (primary N) is 1. The lowest BCUT2D eigenvalue weighted by Crippen LogP contribution is -2.57. The van der Waals surface area contributed by atoms with Crippen LogP contribution in [0.3, 0.4) is 0 Å². The number of ether oxygens (including phenoxy) is 2. The Bertz CT molecular complexity index is 791. The molecule has 2 amide bonds. The molecule has 1 aromatic carbocycles. The Labute approximate surface area is 145 Å². The normalized spacial score (nSPS) is 20.6. The molecule has 1 saturated heterocycles. The Morgan fingerprint density at radius 3 is 2.96 bits per heavy atom. The van der Waals surface area contributed by atoms with Crippen LogP contribution in [0.4, 0.5) is 0 Å². The number of carbonyl (C=O) groups excluding carboxylic acids is 2. The highest BCUT2D eigenvalue weighted by atomic mass is 16.5. The number of morpholine rings is 1. The van der Waals surface area contributed by atoms with Gasteiger partial charge in [-0.2, -0.15) is 0 Å². The van der Waals surface area contributed by atoms with Gasteiger partial charge in [0.1, 0.15) is 5.60 Å². The van der Waals surface area contributed by atoms with Crippen LogP contribution in [0.5, 0.6) is 0 Å². The Kier molecular flexibility index (Phi) is 4.96. The lowest BCUT2D eigenvalue weighted by atomic mass is 9.97. The molecule has 0 bridgehead atoms. The van der Waals surface area contributed by atoms with Gasteiger partial charge >= 0.3 is 0 Å². The van der Waals surface area contributed by atoms with Crippen LogP contribution >= 0.6 is 0 Å². The van der Waals surface area contributed by atoms with E-state index in [9.17, 15) is 9.59 Å². The number of carbonyl (C=O) groups is 2. The number of nitrogens with zero attached hydrogens (tertiary/aromatic N) is 2. The van der Waals surface area contributed by atoms with Crippen LogP contribution in [0.2, 0.25) is 0 Å². The van der Waals surface area contributed by atoms with Crippen LogP contribution in [-0.2, 0) is 14.3 Å². The summed E-state index contributed by atoms with van der Waals surface area (Å²) in [6.07, 6.45) is 1.58. The van der Waals surface area contributed by atoms with E-state index in [1.807, 2.05) is 30.3 Å². The molecule has 1 aliphatic rings. The molecule has 0 spiro atoms. The first kappa shape index (κ1) is 17.3. The Balaban J connectivity index is 1.83.